The average molecular weight is 241 g/mol. The van der Waals surface area contributed by atoms with E-state index >= 15 is 0 Å². The Morgan fingerprint density at radius 2 is 2.13 bits per heavy atom. The Hall–Kier alpha value is -0.750. The first-order valence-electron chi connectivity index (χ1n) is 4.81. The van der Waals surface area contributed by atoms with E-state index in [0.29, 0.717) is 16.1 Å². The van der Waals surface area contributed by atoms with E-state index in [0.717, 1.165) is 18.4 Å². The molecule has 1 aliphatic rings. The van der Waals surface area contributed by atoms with E-state index in [-0.39, 0.29) is 6.04 Å². The van der Waals surface area contributed by atoms with Crippen LogP contribution in [0.25, 0.3) is 0 Å². The van der Waals surface area contributed by atoms with Crippen LogP contribution in [0, 0.1) is 11.3 Å². The quantitative estimate of drug-likeness (QED) is 0.881. The van der Waals surface area contributed by atoms with Gasteiger partial charge in [-0.05, 0) is 25.0 Å². The maximum absolute atomic E-state index is 9.05. The van der Waals surface area contributed by atoms with Crippen molar-refractivity contribution >= 4 is 23.2 Å². The molecule has 0 spiro atoms. The van der Waals surface area contributed by atoms with Gasteiger partial charge in [-0.2, -0.15) is 5.26 Å². The lowest BCUT2D eigenvalue weighted by Gasteiger charge is -2.12. The van der Waals surface area contributed by atoms with Gasteiger partial charge in [0.05, 0.1) is 6.07 Å². The Kier molecular flexibility index (Phi) is 3.16. The molecule has 1 fully saturated rings. The minimum absolute atomic E-state index is 0.331. The molecule has 0 bridgehead atoms. The summed E-state index contributed by atoms with van der Waals surface area (Å²) in [5, 5.41) is 13.4. The molecule has 1 atom stereocenters. The van der Waals surface area contributed by atoms with Crippen LogP contribution in [-0.2, 0) is 0 Å². The number of rotatable bonds is 3. The minimum atomic E-state index is -0.331. The fourth-order valence-electron chi connectivity index (χ4n) is 1.42. The molecule has 2 nitrogen and oxygen atoms in total. The van der Waals surface area contributed by atoms with Gasteiger partial charge in [-0.1, -0.05) is 29.3 Å². The van der Waals surface area contributed by atoms with Crippen molar-refractivity contribution in [2.45, 2.75) is 24.9 Å². The second kappa shape index (κ2) is 4.40. The van der Waals surface area contributed by atoms with Crippen LogP contribution < -0.4 is 5.32 Å². The van der Waals surface area contributed by atoms with Gasteiger partial charge in [-0.25, -0.2) is 0 Å². The zero-order valence-corrected chi connectivity index (χ0v) is 9.52. The molecule has 78 valence electrons. The Morgan fingerprint density at radius 1 is 1.40 bits per heavy atom. The summed E-state index contributed by atoms with van der Waals surface area (Å²) in [7, 11) is 0. The molecular formula is C11H10Cl2N2. The maximum atomic E-state index is 9.05. The first-order valence-corrected chi connectivity index (χ1v) is 5.57. The van der Waals surface area contributed by atoms with Gasteiger partial charge >= 0.3 is 0 Å². The molecule has 0 heterocycles. The van der Waals surface area contributed by atoms with Crippen molar-refractivity contribution < 1.29 is 0 Å². The fraction of sp³-hybridized carbons (Fsp3) is 0.364. The summed E-state index contributed by atoms with van der Waals surface area (Å²) in [4.78, 5) is 0. The Balaban J connectivity index is 2.21. The summed E-state index contributed by atoms with van der Waals surface area (Å²) in [5.74, 6) is 0. The van der Waals surface area contributed by atoms with Gasteiger partial charge in [0.2, 0.25) is 0 Å². The summed E-state index contributed by atoms with van der Waals surface area (Å²) in [6, 6.07) is 7.57. The van der Waals surface area contributed by atoms with Crippen LogP contribution in [0.4, 0.5) is 0 Å². The second-order valence-corrected chi connectivity index (χ2v) is 4.51. The smallest absolute Gasteiger partial charge is 0.123 e. The van der Waals surface area contributed by atoms with Crippen molar-refractivity contribution in [1.29, 1.82) is 5.26 Å². The van der Waals surface area contributed by atoms with Crippen molar-refractivity contribution in [1.82, 2.24) is 5.32 Å². The van der Waals surface area contributed by atoms with E-state index in [2.05, 4.69) is 11.4 Å². The van der Waals surface area contributed by atoms with Crippen LogP contribution in [0.2, 0.25) is 10.0 Å². The van der Waals surface area contributed by atoms with Crippen LogP contribution in [-0.4, -0.2) is 6.04 Å². The van der Waals surface area contributed by atoms with Crippen LogP contribution in [0.1, 0.15) is 24.4 Å². The van der Waals surface area contributed by atoms with Gasteiger partial charge in [0.15, 0.2) is 0 Å². The first kappa shape index (κ1) is 10.8. The van der Waals surface area contributed by atoms with Gasteiger partial charge < -0.3 is 0 Å². The number of hydrogen-bond donors (Lipinski definition) is 1. The van der Waals surface area contributed by atoms with Crippen LogP contribution >= 0.6 is 23.2 Å². The minimum Gasteiger partial charge on any atom is -0.295 e. The van der Waals surface area contributed by atoms with Crippen LogP contribution in [0.5, 0.6) is 0 Å². The molecule has 0 amide bonds. The SMILES string of the molecule is N#CC(NC1CC1)c1ccc(Cl)cc1Cl. The number of benzene rings is 1. The summed E-state index contributed by atoms with van der Waals surface area (Å²) in [6.07, 6.45) is 2.28. The molecule has 1 saturated carbocycles. The molecule has 0 aliphatic heterocycles. The van der Waals surface area contributed by atoms with Gasteiger partial charge in [-0.3, -0.25) is 5.32 Å². The summed E-state index contributed by atoms with van der Waals surface area (Å²) in [6.45, 7) is 0. The third kappa shape index (κ3) is 2.63. The Morgan fingerprint density at radius 3 is 2.67 bits per heavy atom. The number of nitriles is 1. The monoisotopic (exact) mass is 240 g/mol. The topological polar surface area (TPSA) is 35.8 Å². The largest absolute Gasteiger partial charge is 0.295 e. The van der Waals surface area contributed by atoms with Gasteiger partial charge in [0.25, 0.3) is 0 Å². The van der Waals surface area contributed by atoms with E-state index in [1.165, 1.54) is 0 Å². The van der Waals surface area contributed by atoms with Crippen LogP contribution in [0.15, 0.2) is 18.2 Å². The highest BCUT2D eigenvalue weighted by molar-refractivity contribution is 6.35. The molecule has 0 aromatic heterocycles. The molecular weight excluding hydrogens is 231 g/mol. The predicted molar refractivity (Wildman–Crippen MR) is 61.0 cm³/mol. The summed E-state index contributed by atoms with van der Waals surface area (Å²) in [5.41, 5.74) is 0.801. The summed E-state index contributed by atoms with van der Waals surface area (Å²) < 4.78 is 0. The predicted octanol–water partition coefficient (Wildman–Crippen LogP) is 3.31. The third-order valence-corrected chi connectivity index (χ3v) is 2.94. The van der Waals surface area contributed by atoms with Crippen molar-refractivity contribution in [2.24, 2.45) is 0 Å². The molecule has 1 aromatic carbocycles. The highest BCUT2D eigenvalue weighted by Crippen LogP contribution is 2.29. The van der Waals surface area contributed by atoms with Gasteiger partial charge in [-0.15, -0.1) is 0 Å². The molecule has 1 N–H and O–H groups in total. The van der Waals surface area contributed by atoms with Crippen molar-refractivity contribution in [3.8, 4) is 6.07 Å². The lowest BCUT2D eigenvalue weighted by molar-refractivity contribution is 0.626. The molecule has 1 unspecified atom stereocenters. The standard InChI is InChI=1S/C11H10Cl2N2/c12-7-1-4-9(10(13)5-7)11(6-14)15-8-2-3-8/h1,4-5,8,11,15H,2-3H2. The third-order valence-electron chi connectivity index (χ3n) is 2.38. The number of hydrogen-bond acceptors (Lipinski definition) is 2. The van der Waals surface area contributed by atoms with E-state index in [1.807, 2.05) is 0 Å². The second-order valence-electron chi connectivity index (χ2n) is 3.67. The average Bonchev–Trinajstić information content (AvgIpc) is 2.99. The zero-order chi connectivity index (χ0) is 10.8. The zero-order valence-electron chi connectivity index (χ0n) is 8.00. The van der Waals surface area contributed by atoms with Crippen LogP contribution in [0.3, 0.4) is 0 Å². The highest BCUT2D eigenvalue weighted by atomic mass is 35.5. The van der Waals surface area contributed by atoms with Gasteiger partial charge in [0.1, 0.15) is 6.04 Å². The normalized spacial score (nSPS) is 17.1. The first-order chi connectivity index (χ1) is 7.20. The molecule has 1 aliphatic carbocycles. The van der Waals surface area contributed by atoms with E-state index < -0.39 is 0 Å². The molecule has 4 heteroatoms. The van der Waals surface area contributed by atoms with Crippen molar-refractivity contribution in [2.75, 3.05) is 0 Å². The van der Waals surface area contributed by atoms with Crippen molar-refractivity contribution in [3.05, 3.63) is 33.8 Å². The highest BCUT2D eigenvalue weighted by Gasteiger charge is 2.26. The van der Waals surface area contributed by atoms with Crippen molar-refractivity contribution in [3.63, 3.8) is 0 Å². The maximum Gasteiger partial charge on any atom is 0.123 e. The lowest BCUT2D eigenvalue weighted by atomic mass is 10.1. The molecule has 2 rings (SSSR count). The van der Waals surface area contributed by atoms with E-state index in [9.17, 15) is 0 Å². The Labute approximate surface area is 98.8 Å². The summed E-state index contributed by atoms with van der Waals surface area (Å²) >= 11 is 11.8. The Bertz CT molecular complexity index is 408. The van der Waals surface area contributed by atoms with E-state index in [1.54, 1.807) is 18.2 Å². The van der Waals surface area contributed by atoms with Gasteiger partial charge in [0, 0.05) is 21.7 Å². The lowest BCUT2D eigenvalue weighted by Crippen LogP contribution is -2.22. The number of nitrogens with one attached hydrogen (secondary N) is 1. The van der Waals surface area contributed by atoms with E-state index in [4.69, 9.17) is 28.5 Å². The fourth-order valence-corrected chi connectivity index (χ4v) is 1.94. The molecule has 0 saturated heterocycles. The number of nitrogens with zero attached hydrogens (tertiary/aromatic N) is 1. The number of halogens is 2. The molecule has 15 heavy (non-hydrogen) atoms. The molecule has 1 aromatic rings. The molecule has 0 radical (unpaired) electrons.